The van der Waals surface area contributed by atoms with E-state index < -0.39 is 5.72 Å². The molecule has 2 aromatic rings. The zero-order valence-corrected chi connectivity index (χ0v) is 14.9. The van der Waals surface area contributed by atoms with Gasteiger partial charge in [0.2, 0.25) is 5.72 Å². The van der Waals surface area contributed by atoms with E-state index in [2.05, 4.69) is 50.1 Å². The van der Waals surface area contributed by atoms with E-state index in [-0.39, 0.29) is 5.41 Å². The van der Waals surface area contributed by atoms with E-state index in [1.807, 2.05) is 18.2 Å². The lowest BCUT2D eigenvalue weighted by Gasteiger charge is -2.46. The summed E-state index contributed by atoms with van der Waals surface area (Å²) in [5, 5.41) is 0. The molecule has 25 heavy (non-hydrogen) atoms. The van der Waals surface area contributed by atoms with Crippen LogP contribution < -0.4 is 14.4 Å². The van der Waals surface area contributed by atoms with Gasteiger partial charge in [0.05, 0.1) is 12.5 Å². The van der Waals surface area contributed by atoms with Gasteiger partial charge in [0.15, 0.2) is 11.5 Å². The maximum atomic E-state index is 11.2. The first-order valence-corrected chi connectivity index (χ1v) is 8.33. The van der Waals surface area contributed by atoms with Gasteiger partial charge < -0.3 is 14.4 Å². The molecule has 4 nitrogen and oxygen atoms in total. The molecule has 0 aromatic heterocycles. The van der Waals surface area contributed by atoms with E-state index in [9.17, 15) is 4.79 Å². The molecule has 0 saturated carbocycles. The van der Waals surface area contributed by atoms with Gasteiger partial charge in [-0.25, -0.2) is 0 Å². The van der Waals surface area contributed by atoms with E-state index in [1.54, 1.807) is 13.2 Å². The monoisotopic (exact) mass is 335 g/mol. The molecular weight excluding hydrogens is 314 g/mol. The van der Waals surface area contributed by atoms with Crippen molar-refractivity contribution < 1.29 is 14.3 Å². The van der Waals surface area contributed by atoms with E-state index in [4.69, 9.17) is 9.47 Å². The van der Waals surface area contributed by atoms with Gasteiger partial charge in [-0.05, 0) is 49.8 Å². The van der Waals surface area contributed by atoms with Crippen LogP contribution in [0.5, 0.6) is 11.5 Å². The summed E-state index contributed by atoms with van der Waals surface area (Å²) in [5.41, 5.74) is 2.91. The number of hydrogen-bond acceptors (Lipinski definition) is 4. The lowest BCUT2D eigenvalue weighted by atomic mass is 9.76. The fourth-order valence-electron chi connectivity index (χ4n) is 4.09. The van der Waals surface area contributed by atoms with Crippen molar-refractivity contribution in [3.8, 4) is 11.5 Å². The summed E-state index contributed by atoms with van der Waals surface area (Å²) in [4.78, 5) is 13.4. The second-order valence-corrected chi connectivity index (χ2v) is 7.09. The van der Waals surface area contributed by atoms with Gasteiger partial charge in [0.1, 0.15) is 6.29 Å². The van der Waals surface area contributed by atoms with Crippen LogP contribution >= 0.6 is 0 Å². The summed E-state index contributed by atoms with van der Waals surface area (Å²) in [7, 11) is 3.64. The Morgan fingerprint density at radius 1 is 1.20 bits per heavy atom. The number of benzene rings is 2. The predicted octanol–water partition coefficient (Wildman–Crippen LogP) is 4.04. The second-order valence-electron chi connectivity index (χ2n) is 7.09. The molecule has 0 bridgehead atoms. The van der Waals surface area contributed by atoms with Crippen molar-refractivity contribution >= 4 is 18.0 Å². The summed E-state index contributed by atoms with van der Waals surface area (Å²) in [6.45, 7) is 4.38. The molecule has 0 saturated heterocycles. The smallest absolute Gasteiger partial charge is 0.212 e. The number of ether oxygens (including phenoxy) is 2. The molecule has 0 fully saturated rings. The average molecular weight is 335 g/mol. The number of nitrogens with zero attached hydrogens (tertiary/aromatic N) is 1. The Morgan fingerprint density at radius 3 is 2.64 bits per heavy atom. The Balaban J connectivity index is 1.90. The van der Waals surface area contributed by atoms with Gasteiger partial charge in [0.25, 0.3) is 0 Å². The summed E-state index contributed by atoms with van der Waals surface area (Å²) in [6.07, 6.45) is 4.93. The molecule has 2 aliphatic heterocycles. The number of carbonyl (C=O) groups is 1. The van der Waals surface area contributed by atoms with E-state index in [1.165, 1.54) is 5.56 Å². The fraction of sp³-hybridized carbons (Fsp3) is 0.286. The third-order valence-electron chi connectivity index (χ3n) is 5.54. The Morgan fingerprint density at radius 2 is 1.96 bits per heavy atom. The highest BCUT2D eigenvalue weighted by Gasteiger charge is 2.57. The molecule has 128 valence electrons. The van der Waals surface area contributed by atoms with Gasteiger partial charge in [0, 0.05) is 23.9 Å². The zero-order chi connectivity index (χ0) is 17.8. The number of likely N-dealkylation sites (N-methyl/N-ethyl adjacent to an activating group) is 1. The lowest BCUT2D eigenvalue weighted by molar-refractivity contribution is 0.0552. The summed E-state index contributed by atoms with van der Waals surface area (Å²) in [5.74, 6) is 1.24. The molecule has 2 aliphatic rings. The molecule has 1 atom stereocenters. The normalized spacial score (nSPS) is 22.3. The number of hydrogen-bond donors (Lipinski definition) is 0. The van der Waals surface area contributed by atoms with Crippen LogP contribution in [0.4, 0.5) is 5.69 Å². The van der Waals surface area contributed by atoms with Crippen molar-refractivity contribution in [2.24, 2.45) is 0 Å². The van der Waals surface area contributed by atoms with Crippen molar-refractivity contribution in [1.29, 1.82) is 0 Å². The van der Waals surface area contributed by atoms with Crippen LogP contribution in [0.25, 0.3) is 6.08 Å². The number of aldehydes is 1. The van der Waals surface area contributed by atoms with E-state index >= 15 is 0 Å². The van der Waals surface area contributed by atoms with Crippen molar-refractivity contribution in [3.63, 3.8) is 0 Å². The number of methoxy groups -OCH3 is 1. The summed E-state index contributed by atoms with van der Waals surface area (Å²) < 4.78 is 12.1. The van der Waals surface area contributed by atoms with Crippen LogP contribution in [-0.2, 0) is 5.41 Å². The minimum atomic E-state index is -0.653. The first kappa shape index (κ1) is 15.8. The largest absolute Gasteiger partial charge is 0.493 e. The summed E-state index contributed by atoms with van der Waals surface area (Å²) in [6, 6.07) is 11.9. The maximum absolute atomic E-state index is 11.2. The number of para-hydroxylation sites is 1. The summed E-state index contributed by atoms with van der Waals surface area (Å²) >= 11 is 0. The quantitative estimate of drug-likeness (QED) is 0.777. The van der Waals surface area contributed by atoms with Gasteiger partial charge in [-0.15, -0.1) is 0 Å². The van der Waals surface area contributed by atoms with Gasteiger partial charge in [-0.2, -0.15) is 0 Å². The molecule has 4 heteroatoms. The van der Waals surface area contributed by atoms with Crippen molar-refractivity contribution in [3.05, 3.63) is 59.2 Å². The van der Waals surface area contributed by atoms with Crippen molar-refractivity contribution in [2.45, 2.75) is 25.0 Å². The second kappa shape index (κ2) is 5.12. The first-order chi connectivity index (χ1) is 11.9. The molecule has 2 heterocycles. The fourth-order valence-corrected chi connectivity index (χ4v) is 4.09. The van der Waals surface area contributed by atoms with Crippen LogP contribution in [0.1, 0.15) is 35.3 Å². The highest BCUT2D eigenvalue weighted by molar-refractivity contribution is 5.81. The molecule has 0 radical (unpaired) electrons. The molecule has 0 amide bonds. The number of rotatable bonds is 2. The number of fused-ring (bicyclic) bond motifs is 2. The van der Waals surface area contributed by atoms with Crippen LogP contribution in [0.2, 0.25) is 0 Å². The molecule has 2 aromatic carbocycles. The third-order valence-corrected chi connectivity index (χ3v) is 5.54. The zero-order valence-electron chi connectivity index (χ0n) is 14.9. The Hall–Kier alpha value is -2.75. The van der Waals surface area contributed by atoms with Gasteiger partial charge in [-0.1, -0.05) is 18.2 Å². The van der Waals surface area contributed by atoms with Crippen molar-refractivity contribution in [2.75, 3.05) is 19.1 Å². The third kappa shape index (κ3) is 1.91. The standard InChI is InChI=1S/C21H21NO3/c1-20(2)16-7-5-6-8-17(16)22(3)21(20)10-9-15-11-14(13-23)12-18(24-4)19(15)25-21/h5-13H,1-4H3. The van der Waals surface area contributed by atoms with Crippen molar-refractivity contribution in [1.82, 2.24) is 0 Å². The molecule has 1 spiro atoms. The molecule has 0 aliphatic carbocycles. The highest BCUT2D eigenvalue weighted by atomic mass is 16.5. The van der Waals surface area contributed by atoms with Gasteiger partial charge in [-0.3, -0.25) is 4.79 Å². The first-order valence-electron chi connectivity index (χ1n) is 8.33. The lowest BCUT2D eigenvalue weighted by Crippen LogP contribution is -2.58. The molecule has 4 rings (SSSR count). The highest BCUT2D eigenvalue weighted by Crippen LogP contribution is 2.55. The van der Waals surface area contributed by atoms with Gasteiger partial charge >= 0.3 is 0 Å². The Bertz CT molecular complexity index is 900. The molecule has 1 unspecified atom stereocenters. The molecule has 0 N–H and O–H groups in total. The topological polar surface area (TPSA) is 38.8 Å². The molecular formula is C21H21NO3. The maximum Gasteiger partial charge on any atom is 0.212 e. The Kier molecular flexibility index (Phi) is 3.23. The SMILES string of the molecule is COc1cc(C=O)cc2c1OC1(C=C2)N(C)c2ccccc2C1(C)C. The Labute approximate surface area is 147 Å². The number of carbonyl (C=O) groups excluding carboxylic acids is 1. The number of anilines is 1. The van der Waals surface area contributed by atoms with Crippen LogP contribution in [0.3, 0.4) is 0 Å². The minimum Gasteiger partial charge on any atom is -0.493 e. The van der Waals surface area contributed by atoms with Crippen LogP contribution in [-0.4, -0.2) is 26.2 Å². The van der Waals surface area contributed by atoms with Crippen LogP contribution in [0, 0.1) is 0 Å². The average Bonchev–Trinajstić information content (AvgIpc) is 2.80. The van der Waals surface area contributed by atoms with Crippen LogP contribution in [0.15, 0.2) is 42.5 Å². The minimum absolute atomic E-state index is 0.263. The van der Waals surface area contributed by atoms with E-state index in [0.717, 1.165) is 17.5 Å². The predicted molar refractivity (Wildman–Crippen MR) is 98.6 cm³/mol. The van der Waals surface area contributed by atoms with E-state index in [0.29, 0.717) is 17.1 Å².